The molecule has 8 bridgehead atoms. The third kappa shape index (κ3) is 18.2. The highest BCUT2D eigenvalue weighted by molar-refractivity contribution is 7.15. The SMILES string of the molecule is CC1(C(=O)Nc2nc(-c3ccc(C(=O)Nc4ccccc4)cc3)cs2)CC2c3ccccc3C1c1ccccc12.CC1(C(=O)Nc2nc(-c3ccc(C(=O)O)cc3)cs2)CC2c3ccccc3C1c1ccccc12.CC1(C(=O)O)CC2c3ccccc3C1c1ccccc12.CCOC(=O)c1ccc(-c2csc(N)n2)cc1.CCOC(=O)c1ccc(-c2csc(NC(=O)C3(C)CC4c5ccccc5C3c3ccccc34)n2)cc1. The quantitative estimate of drug-likeness (QED) is 0.0393. The third-order valence-corrected chi connectivity index (χ3v) is 33.5. The van der Waals surface area contributed by atoms with Gasteiger partial charge in [0.15, 0.2) is 20.5 Å². The molecular weight excluding hydrogens is 1910 g/mol. The number of ether oxygens (including phenoxy) is 2. The molecule has 12 aliphatic carbocycles. The molecule has 4 atom stereocenters. The number of para-hydroxylation sites is 1. The van der Waals surface area contributed by atoms with E-state index in [1.165, 1.54) is 134 Å². The summed E-state index contributed by atoms with van der Waals surface area (Å²) in [4.78, 5) is 119. The summed E-state index contributed by atoms with van der Waals surface area (Å²) in [6, 6.07) is 106. The lowest BCUT2D eigenvalue weighted by molar-refractivity contribution is -0.150. The van der Waals surface area contributed by atoms with E-state index in [0.717, 1.165) is 64.3 Å². The van der Waals surface area contributed by atoms with Crippen LogP contribution in [0.1, 0.15) is 245 Å². The number of anilines is 5. The number of thiazole rings is 4. The molecule has 4 amide bonds. The summed E-state index contributed by atoms with van der Waals surface area (Å²) in [6.45, 7) is 12.5. The van der Waals surface area contributed by atoms with E-state index in [2.05, 4.69) is 239 Å². The average Bonchev–Trinajstić information content (AvgIpc) is 1.41. The molecule has 25 heteroatoms. The molecule has 0 fully saturated rings. The number of nitrogens with zero attached hydrogens (tertiary/aromatic N) is 4. The Kier molecular flexibility index (Phi) is 26.5. The Hall–Kier alpha value is -16.1. The number of aromatic carboxylic acids is 1. The second-order valence-corrected chi connectivity index (χ2v) is 42.7. The zero-order chi connectivity index (χ0) is 102. The van der Waals surface area contributed by atoms with Crippen LogP contribution in [0, 0.1) is 21.7 Å². The van der Waals surface area contributed by atoms with Gasteiger partial charge in [-0.05, 0) is 217 Å². The fourth-order valence-electron chi connectivity index (χ4n) is 23.6. The first-order valence-electron chi connectivity index (χ1n) is 49.1. The Labute approximate surface area is 866 Å². The molecule has 732 valence electrons. The molecule has 29 rings (SSSR count). The summed E-state index contributed by atoms with van der Waals surface area (Å²) in [6.07, 6.45) is 2.99. The van der Waals surface area contributed by atoms with E-state index >= 15 is 0 Å². The van der Waals surface area contributed by atoms with Crippen molar-refractivity contribution in [1.82, 2.24) is 19.9 Å². The van der Waals surface area contributed by atoms with Crippen molar-refractivity contribution < 1.29 is 58.0 Å². The Bertz CT molecular complexity index is 7790. The van der Waals surface area contributed by atoms with Crippen molar-refractivity contribution in [1.29, 1.82) is 0 Å². The highest BCUT2D eigenvalue weighted by atomic mass is 32.1. The summed E-state index contributed by atoms with van der Waals surface area (Å²) in [5.74, 6) is -1.68. The number of hydrogen-bond donors (Lipinski definition) is 7. The van der Waals surface area contributed by atoms with Gasteiger partial charge in [0.05, 0.1) is 74.3 Å². The van der Waals surface area contributed by atoms with Gasteiger partial charge in [-0.25, -0.2) is 34.3 Å². The molecule has 0 saturated carbocycles. The van der Waals surface area contributed by atoms with Gasteiger partial charge in [-0.15, -0.1) is 45.3 Å². The first-order chi connectivity index (χ1) is 71.3. The maximum atomic E-state index is 13.9. The van der Waals surface area contributed by atoms with E-state index in [1.807, 2.05) is 107 Å². The van der Waals surface area contributed by atoms with Gasteiger partial charge >= 0.3 is 23.9 Å². The smallest absolute Gasteiger partial charge is 0.338 e. The lowest BCUT2D eigenvalue weighted by Gasteiger charge is -2.50. The Balaban J connectivity index is 0.000000111. The van der Waals surface area contributed by atoms with E-state index in [4.69, 9.17) is 25.3 Å². The van der Waals surface area contributed by atoms with Gasteiger partial charge in [0, 0.05) is 102 Å². The number of benzene rings is 13. The zero-order valence-electron chi connectivity index (χ0n) is 81.2. The predicted molar refractivity (Wildman–Crippen MR) is 579 cm³/mol. The average molecular weight is 2020 g/mol. The van der Waals surface area contributed by atoms with Crippen LogP contribution in [0.25, 0.3) is 45.0 Å². The van der Waals surface area contributed by atoms with Gasteiger partial charge in [0.1, 0.15) is 0 Å². The minimum absolute atomic E-state index is 0.0000603. The first-order valence-corrected chi connectivity index (χ1v) is 52.6. The van der Waals surface area contributed by atoms with Crippen LogP contribution in [0.15, 0.2) is 343 Å². The van der Waals surface area contributed by atoms with Gasteiger partial charge < -0.3 is 46.7 Å². The van der Waals surface area contributed by atoms with Gasteiger partial charge in [0.2, 0.25) is 17.7 Å². The van der Waals surface area contributed by atoms with Gasteiger partial charge in [0.25, 0.3) is 5.91 Å². The minimum atomic E-state index is -0.962. The maximum Gasteiger partial charge on any atom is 0.338 e. The number of nitrogens with two attached hydrogens (primary N) is 1. The second kappa shape index (κ2) is 40.2. The van der Waals surface area contributed by atoms with Crippen LogP contribution >= 0.6 is 45.3 Å². The molecule has 12 aliphatic rings. The number of carbonyl (C=O) groups excluding carboxylic acids is 6. The fourth-order valence-corrected chi connectivity index (χ4v) is 26.3. The zero-order valence-corrected chi connectivity index (χ0v) is 84.5. The van der Waals surface area contributed by atoms with E-state index in [9.17, 15) is 43.5 Å². The highest BCUT2D eigenvalue weighted by Gasteiger charge is 2.59. The summed E-state index contributed by atoms with van der Waals surface area (Å²) in [5, 5.41) is 41.0. The second-order valence-electron chi connectivity index (χ2n) is 39.2. The lowest BCUT2D eigenvalue weighted by Crippen LogP contribution is -2.47. The number of hydrogen-bond acceptors (Lipinski definition) is 19. The van der Waals surface area contributed by atoms with E-state index < -0.39 is 33.6 Å². The number of nitrogen functional groups attached to an aromatic ring is 1. The van der Waals surface area contributed by atoms with Crippen LogP contribution in [-0.4, -0.2) is 90.9 Å². The van der Waals surface area contributed by atoms with E-state index in [0.29, 0.717) is 62.5 Å². The van der Waals surface area contributed by atoms with Crippen molar-refractivity contribution in [2.75, 3.05) is 40.2 Å². The topological polar surface area (TPSA) is 321 Å². The number of carboxylic acids is 2. The Morgan fingerprint density at radius 3 is 0.796 bits per heavy atom. The van der Waals surface area contributed by atoms with Crippen molar-refractivity contribution in [3.8, 4) is 45.0 Å². The number of esters is 2. The van der Waals surface area contributed by atoms with E-state index in [1.54, 1.807) is 74.5 Å². The molecule has 4 unspecified atom stereocenters. The molecule has 4 heterocycles. The molecule has 0 radical (unpaired) electrons. The van der Waals surface area contributed by atoms with Crippen LogP contribution in [0.5, 0.6) is 0 Å². The fraction of sp³-hybridized carbons (Fsp3) is 0.197. The molecule has 17 aromatic rings. The highest BCUT2D eigenvalue weighted by Crippen LogP contribution is 2.66. The van der Waals surface area contributed by atoms with Crippen LogP contribution in [0.4, 0.5) is 26.2 Å². The van der Waals surface area contributed by atoms with Gasteiger partial charge in [-0.2, -0.15) is 0 Å². The molecular formula is C122H103N9O12S4. The first kappa shape index (κ1) is 97.0. The van der Waals surface area contributed by atoms with Crippen LogP contribution in [-0.2, 0) is 28.7 Å². The van der Waals surface area contributed by atoms with Crippen LogP contribution in [0.2, 0.25) is 0 Å². The number of carbonyl (C=O) groups is 8. The minimum Gasteiger partial charge on any atom is -0.481 e. The number of carboxylic acid groups (broad SMARTS) is 2. The number of aromatic nitrogens is 4. The summed E-state index contributed by atoms with van der Waals surface area (Å²) in [5.41, 5.74) is 32.8. The van der Waals surface area contributed by atoms with Crippen LogP contribution < -0.4 is 27.0 Å². The molecule has 147 heavy (non-hydrogen) atoms. The molecule has 0 spiro atoms. The van der Waals surface area contributed by atoms with Crippen molar-refractivity contribution >= 4 is 119 Å². The number of aliphatic carboxylic acids is 1. The Morgan fingerprint density at radius 1 is 0.299 bits per heavy atom. The maximum absolute atomic E-state index is 13.9. The number of amides is 4. The standard InChI is InChI=1S/C34H27N3O2S.C30H26N2O3S.C28H22N2O3S.C18H16O2.C12H12N2O2S/c1-34(19-28-24-11-5-7-13-26(24)30(34)27-14-8-6-12-25(27)28)32(39)37-33-36-29(20-40-33)21-15-17-22(18-16-21)31(38)35-23-9-3-2-4-10-23;1-3-35-27(33)19-14-12-18(13-15-19)25-17-36-29(31-25)32-28(34)30(2)16-24-20-8-4-6-10-22(20)26(30)23-11-7-5-9-21(23)24;1-28(14-22-18-6-2-4-8-20(18)24(28)21-9-5-3-7-19(21)22)26(33)30-27-29-23(15-34-27)16-10-12-17(13-11-16)25(31)32;1-18(17(19)20)10-15-11-6-2-4-8-13(11)16(18)14-9-5-3-7-12(14)15;1-2-16-11(15)9-5-3-8(4-6-9)10-7-17-12(13)14-10/h2-18,20,28,30H,19H2,1H3,(H,35,38)(H,36,37,39);4-15,17,24,26H,3,16H2,1-2H3,(H,31,32,34);2-13,15,22,24H,14H2,1H3,(H,31,32)(H,29,30,33);2-9,15-16H,10H2,1H3,(H,19,20);3-7H,2H2,1H3,(H2,13,14). The predicted octanol–water partition coefficient (Wildman–Crippen LogP) is 26.8. The summed E-state index contributed by atoms with van der Waals surface area (Å²) in [7, 11) is 0. The molecule has 13 aromatic carbocycles. The molecule has 0 aliphatic heterocycles. The molecule has 4 aromatic heterocycles. The largest absolute Gasteiger partial charge is 0.481 e. The number of fused-ring (bicyclic) bond motifs is 4. The molecule has 21 nitrogen and oxygen atoms in total. The number of rotatable bonds is 18. The number of nitrogens with one attached hydrogen (secondary N) is 4. The van der Waals surface area contributed by atoms with Crippen molar-refractivity contribution in [2.45, 2.75) is 115 Å². The summed E-state index contributed by atoms with van der Waals surface area (Å²) < 4.78 is 9.96. The third-order valence-electron chi connectivity index (χ3n) is 30.5. The van der Waals surface area contributed by atoms with Crippen molar-refractivity contribution in [3.63, 3.8) is 0 Å². The monoisotopic (exact) mass is 2010 g/mol. The molecule has 0 saturated heterocycles. The van der Waals surface area contributed by atoms with Crippen LogP contribution in [0.3, 0.4) is 0 Å². The van der Waals surface area contributed by atoms with Crippen molar-refractivity contribution in [2.24, 2.45) is 21.7 Å². The van der Waals surface area contributed by atoms with Crippen molar-refractivity contribution in [3.05, 3.63) is 454 Å². The summed E-state index contributed by atoms with van der Waals surface area (Å²) >= 11 is 5.60. The normalized spacial score (nSPS) is 21.1. The van der Waals surface area contributed by atoms with Gasteiger partial charge in [-0.3, -0.25) is 24.0 Å². The lowest BCUT2D eigenvalue weighted by atomic mass is 9.52. The molecule has 8 N–H and O–H groups in total. The Morgan fingerprint density at radius 2 is 0.537 bits per heavy atom. The van der Waals surface area contributed by atoms with E-state index in [-0.39, 0.29) is 88.5 Å². The van der Waals surface area contributed by atoms with Gasteiger partial charge in [-0.1, -0.05) is 261 Å².